The van der Waals surface area contributed by atoms with Gasteiger partial charge in [0.15, 0.2) is 5.13 Å². The maximum absolute atomic E-state index is 12.8. The first kappa shape index (κ1) is 19.6. The molecule has 2 N–H and O–H groups in total. The zero-order chi connectivity index (χ0) is 20.6. The minimum Gasteiger partial charge on any atom is -0.333 e. The average molecular weight is 447 g/mol. The number of carbonyl (C=O) groups is 1. The number of thiophene rings is 1. The van der Waals surface area contributed by atoms with Gasteiger partial charge in [-0.05, 0) is 55.6 Å². The Balaban J connectivity index is 1.54. The van der Waals surface area contributed by atoms with Crippen LogP contribution in [-0.2, 0) is 10.0 Å². The van der Waals surface area contributed by atoms with Crippen molar-refractivity contribution >= 4 is 59.6 Å². The highest BCUT2D eigenvalue weighted by Crippen LogP contribution is 2.29. The van der Waals surface area contributed by atoms with Crippen molar-refractivity contribution in [3.05, 3.63) is 59.0 Å². The normalized spacial score (nSPS) is 11.8. The summed E-state index contributed by atoms with van der Waals surface area (Å²) in [5, 5.41) is 6.84. The van der Waals surface area contributed by atoms with Crippen LogP contribution in [0.25, 0.3) is 10.2 Å². The van der Waals surface area contributed by atoms with E-state index in [2.05, 4.69) is 15.0 Å². The summed E-state index contributed by atoms with van der Waals surface area (Å²) < 4.78 is 30.3. The summed E-state index contributed by atoms with van der Waals surface area (Å²) in [4.78, 5) is 16.9. The Morgan fingerprint density at radius 3 is 2.52 bits per heavy atom. The van der Waals surface area contributed by atoms with Crippen molar-refractivity contribution in [3.63, 3.8) is 0 Å². The Bertz CT molecular complexity index is 1250. The number of anilines is 2. The highest BCUT2D eigenvalue weighted by molar-refractivity contribution is 7.93. The average Bonchev–Trinajstić information content (AvgIpc) is 3.38. The van der Waals surface area contributed by atoms with Crippen molar-refractivity contribution in [2.45, 2.75) is 24.8 Å². The van der Waals surface area contributed by atoms with Gasteiger partial charge < -0.3 is 9.88 Å². The Hall–Kier alpha value is -2.69. The molecule has 0 aliphatic rings. The lowest BCUT2D eigenvalue weighted by molar-refractivity contribution is 0.101. The molecule has 3 heterocycles. The second kappa shape index (κ2) is 7.62. The molecule has 0 fully saturated rings. The predicted molar refractivity (Wildman–Crippen MR) is 118 cm³/mol. The molecule has 0 aliphatic carbocycles. The van der Waals surface area contributed by atoms with Crippen LogP contribution >= 0.6 is 22.7 Å². The number of amides is 1. The highest BCUT2D eigenvalue weighted by Gasteiger charge is 2.19. The third-order valence-corrected chi connectivity index (χ3v) is 7.31. The van der Waals surface area contributed by atoms with Crippen molar-refractivity contribution in [1.82, 2.24) is 9.55 Å². The molecule has 1 aromatic carbocycles. The van der Waals surface area contributed by atoms with Gasteiger partial charge >= 0.3 is 0 Å². The number of benzene rings is 1. The molecule has 150 valence electrons. The molecule has 0 saturated heterocycles. The van der Waals surface area contributed by atoms with E-state index in [0.29, 0.717) is 16.5 Å². The van der Waals surface area contributed by atoms with Gasteiger partial charge in [-0.1, -0.05) is 0 Å². The molecule has 3 aromatic heterocycles. The monoisotopic (exact) mass is 446 g/mol. The number of nitrogens with one attached hydrogen (secondary N) is 2. The highest BCUT2D eigenvalue weighted by atomic mass is 32.2. The van der Waals surface area contributed by atoms with E-state index in [0.717, 1.165) is 10.2 Å². The number of aromatic nitrogens is 2. The van der Waals surface area contributed by atoms with Crippen LogP contribution in [0.15, 0.2) is 58.3 Å². The zero-order valence-corrected chi connectivity index (χ0v) is 18.1. The molecule has 0 unspecified atom stereocenters. The Kier molecular flexibility index (Phi) is 5.15. The van der Waals surface area contributed by atoms with Gasteiger partial charge in [-0.15, -0.1) is 22.7 Å². The Morgan fingerprint density at radius 2 is 1.86 bits per heavy atom. The third-order valence-electron chi connectivity index (χ3n) is 4.29. The quantitative estimate of drug-likeness (QED) is 0.445. The zero-order valence-electron chi connectivity index (χ0n) is 15.6. The summed E-state index contributed by atoms with van der Waals surface area (Å²) in [6.07, 6.45) is 1.53. The molecule has 0 saturated carbocycles. The molecule has 0 radical (unpaired) electrons. The summed E-state index contributed by atoms with van der Waals surface area (Å²) in [6, 6.07) is 10.1. The van der Waals surface area contributed by atoms with Crippen molar-refractivity contribution in [2.24, 2.45) is 0 Å². The maximum atomic E-state index is 12.8. The second-order valence-electron chi connectivity index (χ2n) is 6.58. The van der Waals surface area contributed by atoms with E-state index >= 15 is 0 Å². The molecular weight excluding hydrogens is 428 g/mol. The lowest BCUT2D eigenvalue weighted by Crippen LogP contribution is -2.18. The fraction of sp³-hybridized carbons (Fsp3) is 0.158. The van der Waals surface area contributed by atoms with Gasteiger partial charge in [0.05, 0.1) is 15.1 Å². The third kappa shape index (κ3) is 3.91. The van der Waals surface area contributed by atoms with Crippen LogP contribution in [0.2, 0.25) is 0 Å². The fourth-order valence-electron chi connectivity index (χ4n) is 3.04. The fourth-order valence-corrected chi connectivity index (χ4v) is 5.64. The molecule has 4 rings (SSSR count). The van der Waals surface area contributed by atoms with Crippen molar-refractivity contribution in [3.8, 4) is 0 Å². The number of rotatable bonds is 6. The van der Waals surface area contributed by atoms with Crippen molar-refractivity contribution < 1.29 is 13.2 Å². The van der Waals surface area contributed by atoms with Crippen LogP contribution in [0.1, 0.15) is 30.4 Å². The van der Waals surface area contributed by atoms with E-state index in [1.54, 1.807) is 28.8 Å². The van der Waals surface area contributed by atoms with E-state index in [1.807, 2.05) is 35.9 Å². The predicted octanol–water partition coefficient (Wildman–Crippen LogP) is 4.79. The van der Waals surface area contributed by atoms with Gasteiger partial charge in [0.1, 0.15) is 5.69 Å². The molecule has 0 bridgehead atoms. The molecule has 1 amide bonds. The topological polar surface area (TPSA) is 93.1 Å². The van der Waals surface area contributed by atoms with E-state index in [4.69, 9.17) is 0 Å². The Labute approximate surface area is 176 Å². The van der Waals surface area contributed by atoms with E-state index < -0.39 is 10.0 Å². The number of sulfonamides is 1. The van der Waals surface area contributed by atoms with Crippen LogP contribution in [0, 0.1) is 0 Å². The van der Waals surface area contributed by atoms with Gasteiger partial charge in [-0.2, -0.15) is 0 Å². The molecule has 0 atom stereocenters. The molecule has 7 nitrogen and oxygen atoms in total. The van der Waals surface area contributed by atoms with E-state index in [1.165, 1.54) is 29.7 Å². The number of carbonyl (C=O) groups excluding carboxylic acids is 1. The van der Waals surface area contributed by atoms with Crippen molar-refractivity contribution in [2.75, 3.05) is 10.0 Å². The van der Waals surface area contributed by atoms with E-state index in [-0.39, 0.29) is 16.8 Å². The number of hydrogen-bond donors (Lipinski definition) is 2. The summed E-state index contributed by atoms with van der Waals surface area (Å²) in [7, 11) is -3.73. The molecular formula is C19H18N4O3S3. The summed E-state index contributed by atoms with van der Waals surface area (Å²) in [5.41, 5.74) is 2.12. The lowest BCUT2D eigenvalue weighted by atomic mass is 10.3. The molecule has 10 heteroatoms. The van der Waals surface area contributed by atoms with Crippen LogP contribution in [0.4, 0.5) is 10.8 Å². The minimum absolute atomic E-state index is 0.0942. The van der Waals surface area contributed by atoms with Crippen LogP contribution in [-0.4, -0.2) is 23.9 Å². The van der Waals surface area contributed by atoms with Gasteiger partial charge in [0, 0.05) is 23.3 Å². The van der Waals surface area contributed by atoms with Gasteiger partial charge in [0.25, 0.3) is 15.9 Å². The lowest BCUT2D eigenvalue weighted by Gasteiger charge is -2.14. The number of hydrogen-bond acceptors (Lipinski definition) is 6. The van der Waals surface area contributed by atoms with E-state index in [9.17, 15) is 13.2 Å². The number of thiazole rings is 1. The summed E-state index contributed by atoms with van der Waals surface area (Å²) in [5.74, 6) is -0.237. The largest absolute Gasteiger partial charge is 0.333 e. The SMILES string of the molecule is CC(C)n1c(C(=O)Nc2ccc(S(=O)(=O)Nc3nccs3)cc2)cc2sccc21. The first-order valence-corrected chi connectivity index (χ1v) is 12.0. The van der Waals surface area contributed by atoms with Crippen LogP contribution in [0.5, 0.6) is 0 Å². The Morgan fingerprint density at radius 1 is 1.10 bits per heavy atom. The summed E-state index contributed by atoms with van der Waals surface area (Å²) >= 11 is 2.79. The summed E-state index contributed by atoms with van der Waals surface area (Å²) in [6.45, 7) is 4.06. The minimum atomic E-state index is -3.73. The van der Waals surface area contributed by atoms with Crippen LogP contribution < -0.4 is 10.0 Å². The van der Waals surface area contributed by atoms with Crippen LogP contribution in [0.3, 0.4) is 0 Å². The van der Waals surface area contributed by atoms with Gasteiger partial charge in [-0.3, -0.25) is 9.52 Å². The van der Waals surface area contributed by atoms with Gasteiger partial charge in [-0.25, -0.2) is 13.4 Å². The smallest absolute Gasteiger partial charge is 0.272 e. The molecule has 0 spiro atoms. The number of fused-ring (bicyclic) bond motifs is 1. The molecule has 4 aromatic rings. The maximum Gasteiger partial charge on any atom is 0.272 e. The first-order valence-electron chi connectivity index (χ1n) is 8.77. The second-order valence-corrected chi connectivity index (χ2v) is 10.1. The standard InChI is InChI=1S/C19H18N4O3S3/c1-12(2)23-15-7-9-27-17(15)11-16(23)18(24)21-13-3-5-14(6-4-13)29(25,26)22-19-20-8-10-28-19/h3-12H,1-2H3,(H,20,22)(H,21,24). The number of nitrogens with zero attached hydrogens (tertiary/aromatic N) is 2. The molecule has 29 heavy (non-hydrogen) atoms. The van der Waals surface area contributed by atoms with Gasteiger partial charge in [0.2, 0.25) is 0 Å². The first-order chi connectivity index (χ1) is 13.8. The molecule has 0 aliphatic heterocycles. The van der Waals surface area contributed by atoms with Crippen molar-refractivity contribution in [1.29, 1.82) is 0 Å².